The van der Waals surface area contributed by atoms with Gasteiger partial charge in [-0.1, -0.05) is 18.2 Å². The molecule has 2 heterocycles. The Bertz CT molecular complexity index is 1210. The van der Waals surface area contributed by atoms with Crippen LogP contribution in [0.25, 0.3) is 0 Å². The number of aromatic nitrogens is 1. The fraction of sp³-hybridized carbons (Fsp3) is 0.296. The van der Waals surface area contributed by atoms with Crippen molar-refractivity contribution in [3.63, 3.8) is 0 Å². The lowest BCUT2D eigenvalue weighted by Crippen LogP contribution is -2.41. The van der Waals surface area contributed by atoms with Crippen molar-refractivity contribution < 1.29 is 23.8 Å². The lowest BCUT2D eigenvalue weighted by molar-refractivity contribution is 0.0520. The molecule has 0 radical (unpaired) electrons. The summed E-state index contributed by atoms with van der Waals surface area (Å²) in [5.74, 6) is 2.22. The van der Waals surface area contributed by atoms with Crippen LogP contribution in [0.3, 0.4) is 0 Å². The summed E-state index contributed by atoms with van der Waals surface area (Å²) in [6.45, 7) is 6.83. The van der Waals surface area contributed by atoms with Gasteiger partial charge in [-0.3, -0.25) is 4.90 Å². The molecule has 37 heavy (non-hydrogen) atoms. The first-order valence-electron chi connectivity index (χ1n) is 12.0. The van der Waals surface area contributed by atoms with E-state index in [0.717, 1.165) is 5.69 Å². The van der Waals surface area contributed by atoms with Gasteiger partial charge in [-0.05, 0) is 69.3 Å². The standard InChI is InChI=1S/C27H31N5O5/c1-27(2,3)37-26(34)28-15-17-35-21-11-9-20(10-12-21)29-23-14-13-22-24(31-23)32(16-18-36-22)25(33)30-19-7-5-4-6-8-19/h4-14H,15-18H2,1-3H3,(H,28,34)(H,29,31)(H,30,33). The molecular weight excluding hydrogens is 474 g/mol. The Morgan fingerprint density at radius 1 is 1.00 bits per heavy atom. The zero-order chi connectivity index (χ0) is 26.3. The van der Waals surface area contributed by atoms with Crippen molar-refractivity contribution in [3.8, 4) is 11.5 Å². The lowest BCUT2D eigenvalue weighted by atomic mass is 10.2. The van der Waals surface area contributed by atoms with Crippen molar-refractivity contribution in [1.82, 2.24) is 10.3 Å². The molecule has 4 rings (SSSR count). The van der Waals surface area contributed by atoms with Gasteiger partial charge in [-0.25, -0.2) is 14.6 Å². The topological polar surface area (TPSA) is 114 Å². The van der Waals surface area contributed by atoms with Crippen molar-refractivity contribution in [1.29, 1.82) is 0 Å². The van der Waals surface area contributed by atoms with Crippen LogP contribution in [0.15, 0.2) is 66.7 Å². The van der Waals surface area contributed by atoms with Gasteiger partial charge in [0.2, 0.25) is 0 Å². The molecule has 3 aromatic rings. The third kappa shape index (κ3) is 7.50. The fourth-order valence-corrected chi connectivity index (χ4v) is 3.49. The number of para-hydroxylation sites is 1. The zero-order valence-corrected chi connectivity index (χ0v) is 21.1. The number of carbonyl (C=O) groups is 2. The van der Waals surface area contributed by atoms with Crippen LogP contribution in [-0.4, -0.2) is 49.0 Å². The Labute approximate surface area is 215 Å². The smallest absolute Gasteiger partial charge is 0.407 e. The summed E-state index contributed by atoms with van der Waals surface area (Å²) < 4.78 is 16.6. The van der Waals surface area contributed by atoms with Gasteiger partial charge < -0.3 is 30.2 Å². The van der Waals surface area contributed by atoms with Crippen LogP contribution in [0.4, 0.5) is 32.6 Å². The summed E-state index contributed by atoms with van der Waals surface area (Å²) in [6.07, 6.45) is -0.477. The first-order valence-corrected chi connectivity index (χ1v) is 12.0. The maximum Gasteiger partial charge on any atom is 0.407 e. The summed E-state index contributed by atoms with van der Waals surface area (Å²) in [6, 6.07) is 19.9. The highest BCUT2D eigenvalue weighted by Crippen LogP contribution is 2.32. The van der Waals surface area contributed by atoms with E-state index < -0.39 is 11.7 Å². The number of nitrogens with zero attached hydrogens (tertiary/aromatic N) is 2. The quantitative estimate of drug-likeness (QED) is 0.380. The predicted molar refractivity (Wildman–Crippen MR) is 142 cm³/mol. The predicted octanol–water partition coefficient (Wildman–Crippen LogP) is 5.16. The zero-order valence-electron chi connectivity index (χ0n) is 21.1. The number of rotatable bonds is 7. The summed E-state index contributed by atoms with van der Waals surface area (Å²) in [7, 11) is 0. The average molecular weight is 506 g/mol. The van der Waals surface area contributed by atoms with Gasteiger partial charge in [0, 0.05) is 11.4 Å². The number of carbonyl (C=O) groups excluding carboxylic acids is 2. The van der Waals surface area contributed by atoms with E-state index in [1.54, 1.807) is 17.0 Å². The molecule has 0 aliphatic carbocycles. The van der Waals surface area contributed by atoms with E-state index >= 15 is 0 Å². The van der Waals surface area contributed by atoms with Crippen molar-refractivity contribution in [2.24, 2.45) is 0 Å². The van der Waals surface area contributed by atoms with Crippen LogP contribution in [0.5, 0.6) is 11.5 Å². The number of anilines is 4. The highest BCUT2D eigenvalue weighted by Gasteiger charge is 2.26. The van der Waals surface area contributed by atoms with Crippen molar-refractivity contribution in [3.05, 3.63) is 66.7 Å². The maximum atomic E-state index is 12.9. The molecule has 10 heteroatoms. The van der Waals surface area contributed by atoms with Gasteiger partial charge in [-0.15, -0.1) is 0 Å². The number of amides is 3. The summed E-state index contributed by atoms with van der Waals surface area (Å²) in [5, 5.41) is 8.79. The van der Waals surface area contributed by atoms with Crippen LogP contribution in [0.1, 0.15) is 20.8 Å². The monoisotopic (exact) mass is 505 g/mol. The minimum absolute atomic E-state index is 0.275. The van der Waals surface area contributed by atoms with Gasteiger partial charge >= 0.3 is 12.1 Å². The van der Waals surface area contributed by atoms with E-state index in [1.807, 2.05) is 75.4 Å². The highest BCUT2D eigenvalue weighted by molar-refractivity contribution is 6.02. The van der Waals surface area contributed by atoms with Crippen LogP contribution < -0.4 is 30.3 Å². The van der Waals surface area contributed by atoms with E-state index in [4.69, 9.17) is 14.2 Å². The molecule has 194 valence electrons. The Morgan fingerprint density at radius 2 is 1.76 bits per heavy atom. The minimum atomic E-state index is -0.541. The summed E-state index contributed by atoms with van der Waals surface area (Å²) in [5.41, 5.74) is 0.960. The second-order valence-electron chi connectivity index (χ2n) is 9.24. The van der Waals surface area contributed by atoms with E-state index in [-0.39, 0.29) is 6.03 Å². The number of fused-ring (bicyclic) bond motifs is 1. The van der Waals surface area contributed by atoms with Crippen LogP contribution in [0, 0.1) is 0 Å². The van der Waals surface area contributed by atoms with Gasteiger partial charge in [-0.2, -0.15) is 0 Å². The number of ether oxygens (including phenoxy) is 3. The Morgan fingerprint density at radius 3 is 2.49 bits per heavy atom. The number of benzene rings is 2. The molecule has 1 aliphatic rings. The Kier molecular flexibility index (Phi) is 7.97. The molecule has 10 nitrogen and oxygen atoms in total. The third-order valence-corrected chi connectivity index (χ3v) is 5.10. The van der Waals surface area contributed by atoms with Crippen LogP contribution in [-0.2, 0) is 4.74 Å². The molecule has 1 aromatic heterocycles. The Hall–Kier alpha value is -4.47. The third-order valence-electron chi connectivity index (χ3n) is 5.10. The fourth-order valence-electron chi connectivity index (χ4n) is 3.49. The van der Waals surface area contributed by atoms with Gasteiger partial charge in [0.25, 0.3) is 0 Å². The first-order chi connectivity index (χ1) is 17.8. The number of urea groups is 1. The van der Waals surface area contributed by atoms with E-state index in [9.17, 15) is 9.59 Å². The number of hydrogen-bond acceptors (Lipinski definition) is 7. The van der Waals surface area contributed by atoms with Crippen molar-refractivity contribution in [2.45, 2.75) is 26.4 Å². The first kappa shape index (κ1) is 25.6. The average Bonchev–Trinajstić information content (AvgIpc) is 2.87. The lowest BCUT2D eigenvalue weighted by Gasteiger charge is -2.28. The molecule has 0 fully saturated rings. The highest BCUT2D eigenvalue weighted by atomic mass is 16.6. The molecule has 0 atom stereocenters. The second kappa shape index (κ2) is 11.5. The molecule has 3 amide bonds. The van der Waals surface area contributed by atoms with Gasteiger partial charge in [0.15, 0.2) is 11.6 Å². The molecular formula is C27H31N5O5. The maximum absolute atomic E-state index is 12.9. The van der Waals surface area contributed by atoms with E-state index in [1.165, 1.54) is 0 Å². The van der Waals surface area contributed by atoms with E-state index in [2.05, 4.69) is 20.9 Å². The normalized spacial score (nSPS) is 12.6. The molecule has 3 N–H and O–H groups in total. The summed E-state index contributed by atoms with van der Waals surface area (Å²) >= 11 is 0. The number of alkyl carbamates (subject to hydrolysis) is 1. The molecule has 0 spiro atoms. The van der Waals surface area contributed by atoms with Gasteiger partial charge in [0.05, 0.1) is 13.1 Å². The molecule has 1 aliphatic heterocycles. The van der Waals surface area contributed by atoms with Crippen LogP contribution in [0.2, 0.25) is 0 Å². The van der Waals surface area contributed by atoms with Crippen LogP contribution >= 0.6 is 0 Å². The molecule has 0 bridgehead atoms. The summed E-state index contributed by atoms with van der Waals surface area (Å²) in [4.78, 5) is 30.8. The minimum Gasteiger partial charge on any atom is -0.492 e. The number of nitrogens with one attached hydrogen (secondary N) is 3. The van der Waals surface area contributed by atoms with Crippen molar-refractivity contribution >= 4 is 35.1 Å². The molecule has 0 saturated heterocycles. The second-order valence-corrected chi connectivity index (χ2v) is 9.24. The number of pyridine rings is 1. The Balaban J connectivity index is 1.32. The van der Waals surface area contributed by atoms with E-state index in [0.29, 0.717) is 55.1 Å². The van der Waals surface area contributed by atoms with Crippen molar-refractivity contribution in [2.75, 3.05) is 41.8 Å². The molecule has 0 saturated carbocycles. The molecule has 0 unspecified atom stereocenters. The largest absolute Gasteiger partial charge is 0.492 e. The SMILES string of the molecule is CC(C)(C)OC(=O)NCCOc1ccc(Nc2ccc3c(n2)N(C(=O)Nc2ccccc2)CCO3)cc1. The number of hydrogen-bond donors (Lipinski definition) is 3. The molecule has 2 aromatic carbocycles. The van der Waals surface area contributed by atoms with Gasteiger partial charge in [0.1, 0.15) is 30.4 Å².